The number of carboxylic acid groups (broad SMARTS) is 1. The molecule has 0 aromatic carbocycles. The van der Waals surface area contributed by atoms with Gasteiger partial charge >= 0.3 is 5.97 Å². The average Bonchev–Trinajstić information content (AvgIpc) is 2.82. The van der Waals surface area contributed by atoms with Gasteiger partial charge in [-0.05, 0) is 41.8 Å². The number of aromatic carboxylic acids is 1. The number of carboxylic acids is 1. The van der Waals surface area contributed by atoms with Gasteiger partial charge in [0.25, 0.3) is 0 Å². The predicted molar refractivity (Wildman–Crippen MR) is 70.1 cm³/mol. The Morgan fingerprint density at radius 3 is 3.06 bits per heavy atom. The van der Waals surface area contributed by atoms with E-state index in [2.05, 4.69) is 27.0 Å². The fraction of sp³-hybridized carbons (Fsp3) is 0.250. The molecule has 6 heteroatoms. The van der Waals surface area contributed by atoms with Crippen molar-refractivity contribution in [2.75, 3.05) is 5.32 Å². The van der Waals surface area contributed by atoms with Gasteiger partial charge < -0.3 is 10.4 Å². The second-order valence-electron chi connectivity index (χ2n) is 3.98. The number of thiophene rings is 1. The number of nitrogens with zero attached hydrogens (tertiary/aromatic N) is 2. The number of nitrogens with one attached hydrogen (secondary N) is 1. The van der Waals surface area contributed by atoms with Crippen LogP contribution in [0.5, 0.6) is 0 Å². The molecule has 1 atom stereocenters. The van der Waals surface area contributed by atoms with E-state index in [1.54, 1.807) is 11.3 Å². The third kappa shape index (κ3) is 3.04. The Labute approximate surface area is 109 Å². The molecule has 0 saturated carbocycles. The highest BCUT2D eigenvalue weighted by atomic mass is 32.1. The summed E-state index contributed by atoms with van der Waals surface area (Å²) in [5, 5.41) is 23.7. The molecule has 0 fully saturated rings. The Morgan fingerprint density at radius 2 is 2.39 bits per heavy atom. The molecule has 0 amide bonds. The van der Waals surface area contributed by atoms with Gasteiger partial charge in [0, 0.05) is 6.04 Å². The van der Waals surface area contributed by atoms with Gasteiger partial charge in [0.1, 0.15) is 5.56 Å². The second-order valence-corrected chi connectivity index (χ2v) is 4.76. The van der Waals surface area contributed by atoms with E-state index in [0.29, 0.717) is 5.82 Å². The maximum Gasteiger partial charge on any atom is 0.339 e. The Kier molecular flexibility index (Phi) is 3.88. The highest BCUT2D eigenvalue weighted by Crippen LogP contribution is 2.14. The summed E-state index contributed by atoms with van der Waals surface area (Å²) < 4.78 is 0. The van der Waals surface area contributed by atoms with Crippen LogP contribution in [0.3, 0.4) is 0 Å². The zero-order valence-electron chi connectivity index (χ0n) is 9.83. The molecule has 94 valence electrons. The molecule has 0 bridgehead atoms. The monoisotopic (exact) mass is 263 g/mol. The Bertz CT molecular complexity index is 528. The van der Waals surface area contributed by atoms with Crippen LogP contribution in [0.1, 0.15) is 22.8 Å². The number of aromatic nitrogens is 2. The molecule has 0 radical (unpaired) electrons. The van der Waals surface area contributed by atoms with Crippen molar-refractivity contribution in [1.82, 2.24) is 10.2 Å². The molecular weight excluding hydrogens is 250 g/mol. The summed E-state index contributed by atoms with van der Waals surface area (Å²) in [6.07, 6.45) is 2.19. The van der Waals surface area contributed by atoms with Crippen molar-refractivity contribution in [1.29, 1.82) is 0 Å². The Morgan fingerprint density at radius 1 is 1.56 bits per heavy atom. The van der Waals surface area contributed by atoms with Gasteiger partial charge in [-0.1, -0.05) is 0 Å². The van der Waals surface area contributed by atoms with Gasteiger partial charge in [-0.15, -0.1) is 5.10 Å². The molecule has 0 spiro atoms. The van der Waals surface area contributed by atoms with Gasteiger partial charge in [0.05, 0.1) is 6.20 Å². The maximum absolute atomic E-state index is 11.0. The summed E-state index contributed by atoms with van der Waals surface area (Å²) >= 11 is 1.65. The minimum Gasteiger partial charge on any atom is -0.478 e. The zero-order chi connectivity index (χ0) is 13.0. The quantitative estimate of drug-likeness (QED) is 0.865. The van der Waals surface area contributed by atoms with E-state index in [-0.39, 0.29) is 11.6 Å². The smallest absolute Gasteiger partial charge is 0.339 e. The van der Waals surface area contributed by atoms with Crippen molar-refractivity contribution < 1.29 is 9.90 Å². The molecule has 2 aromatic heterocycles. The van der Waals surface area contributed by atoms with Crippen LogP contribution in [-0.4, -0.2) is 27.3 Å². The van der Waals surface area contributed by atoms with Gasteiger partial charge in [0.15, 0.2) is 5.82 Å². The largest absolute Gasteiger partial charge is 0.478 e. The topological polar surface area (TPSA) is 75.1 Å². The first-order chi connectivity index (χ1) is 8.66. The molecule has 2 rings (SSSR count). The molecule has 0 aliphatic heterocycles. The fourth-order valence-corrected chi connectivity index (χ4v) is 2.34. The third-order valence-corrected chi connectivity index (χ3v) is 3.19. The van der Waals surface area contributed by atoms with E-state index >= 15 is 0 Å². The number of carbonyl (C=O) groups is 1. The first-order valence-electron chi connectivity index (χ1n) is 5.49. The maximum atomic E-state index is 11.0. The lowest BCUT2D eigenvalue weighted by Gasteiger charge is -2.14. The number of rotatable bonds is 5. The van der Waals surface area contributed by atoms with Crippen molar-refractivity contribution in [2.24, 2.45) is 0 Å². The Balaban J connectivity index is 2.07. The SMILES string of the molecule is CC(Cc1ccsc1)Nc1nnccc1C(=O)O. The highest BCUT2D eigenvalue weighted by molar-refractivity contribution is 7.07. The van der Waals surface area contributed by atoms with Crippen LogP contribution >= 0.6 is 11.3 Å². The average molecular weight is 263 g/mol. The van der Waals surface area contributed by atoms with Crippen LogP contribution in [0.4, 0.5) is 5.82 Å². The predicted octanol–water partition coefficient (Wildman–Crippen LogP) is 2.28. The standard InChI is InChI=1S/C12H13N3O2S/c1-8(6-9-3-5-18-7-9)14-11-10(12(16)17)2-4-13-15-11/h2-5,7-8H,6H2,1H3,(H,14,15)(H,16,17). The van der Waals surface area contributed by atoms with E-state index in [0.717, 1.165) is 6.42 Å². The van der Waals surface area contributed by atoms with Crippen LogP contribution < -0.4 is 5.32 Å². The first-order valence-corrected chi connectivity index (χ1v) is 6.43. The molecular formula is C12H13N3O2S. The van der Waals surface area contributed by atoms with Crippen LogP contribution in [0.25, 0.3) is 0 Å². The van der Waals surface area contributed by atoms with Crippen molar-refractivity contribution >= 4 is 23.1 Å². The minimum absolute atomic E-state index is 0.0920. The second kappa shape index (κ2) is 5.59. The molecule has 18 heavy (non-hydrogen) atoms. The zero-order valence-corrected chi connectivity index (χ0v) is 10.6. The van der Waals surface area contributed by atoms with E-state index in [4.69, 9.17) is 5.11 Å². The molecule has 0 saturated heterocycles. The minimum atomic E-state index is -1.00. The van der Waals surface area contributed by atoms with Crippen LogP contribution in [0, 0.1) is 0 Å². The first kappa shape index (κ1) is 12.5. The van der Waals surface area contributed by atoms with Gasteiger partial charge in [-0.25, -0.2) is 4.79 Å². The highest BCUT2D eigenvalue weighted by Gasteiger charge is 2.13. The van der Waals surface area contributed by atoms with E-state index < -0.39 is 5.97 Å². The summed E-state index contributed by atoms with van der Waals surface area (Å²) in [5.41, 5.74) is 1.36. The summed E-state index contributed by atoms with van der Waals surface area (Å²) in [6.45, 7) is 1.98. The fourth-order valence-electron chi connectivity index (χ4n) is 1.66. The summed E-state index contributed by atoms with van der Waals surface area (Å²) in [4.78, 5) is 11.0. The Hall–Kier alpha value is -1.95. The molecule has 0 aliphatic rings. The number of anilines is 1. The third-order valence-electron chi connectivity index (χ3n) is 2.46. The molecule has 2 heterocycles. The van der Waals surface area contributed by atoms with Gasteiger partial charge in [0.2, 0.25) is 0 Å². The lowest BCUT2D eigenvalue weighted by Crippen LogP contribution is -2.21. The van der Waals surface area contributed by atoms with E-state index in [1.807, 2.05) is 12.3 Å². The lowest BCUT2D eigenvalue weighted by atomic mass is 10.1. The van der Waals surface area contributed by atoms with Gasteiger partial charge in [-0.3, -0.25) is 0 Å². The lowest BCUT2D eigenvalue weighted by molar-refractivity contribution is 0.0697. The van der Waals surface area contributed by atoms with Crippen LogP contribution in [-0.2, 0) is 6.42 Å². The van der Waals surface area contributed by atoms with Crippen LogP contribution in [0.2, 0.25) is 0 Å². The van der Waals surface area contributed by atoms with Crippen LogP contribution in [0.15, 0.2) is 29.1 Å². The summed E-state index contributed by atoms with van der Waals surface area (Å²) in [7, 11) is 0. The van der Waals surface area contributed by atoms with Gasteiger partial charge in [-0.2, -0.15) is 16.4 Å². The number of hydrogen-bond acceptors (Lipinski definition) is 5. The van der Waals surface area contributed by atoms with E-state index in [9.17, 15) is 4.79 Å². The van der Waals surface area contributed by atoms with Crippen molar-refractivity contribution in [2.45, 2.75) is 19.4 Å². The van der Waals surface area contributed by atoms with Crippen molar-refractivity contribution in [3.05, 3.63) is 40.2 Å². The van der Waals surface area contributed by atoms with Crippen molar-refractivity contribution in [3.63, 3.8) is 0 Å². The summed E-state index contributed by atoms with van der Waals surface area (Å²) in [5.74, 6) is -0.692. The molecule has 2 N–H and O–H groups in total. The molecule has 2 aromatic rings. The molecule has 5 nitrogen and oxygen atoms in total. The molecule has 1 unspecified atom stereocenters. The number of hydrogen-bond donors (Lipinski definition) is 2. The van der Waals surface area contributed by atoms with E-state index in [1.165, 1.54) is 17.8 Å². The normalized spacial score (nSPS) is 12.1. The summed E-state index contributed by atoms with van der Waals surface area (Å²) in [6, 6.07) is 3.58. The molecule has 0 aliphatic carbocycles. The van der Waals surface area contributed by atoms with Crippen molar-refractivity contribution in [3.8, 4) is 0 Å².